The minimum atomic E-state index is -4.60. The highest BCUT2D eigenvalue weighted by molar-refractivity contribution is 5.62. The van der Waals surface area contributed by atoms with Gasteiger partial charge in [0.05, 0.1) is 23.5 Å². The van der Waals surface area contributed by atoms with Gasteiger partial charge in [-0.2, -0.15) is 13.2 Å². The van der Waals surface area contributed by atoms with Crippen LogP contribution in [-0.2, 0) is 13.2 Å². The first-order valence-corrected chi connectivity index (χ1v) is 9.52. The van der Waals surface area contributed by atoms with Crippen LogP contribution in [0.1, 0.15) is 11.3 Å². The molecule has 2 heterocycles. The van der Waals surface area contributed by atoms with Crippen molar-refractivity contribution in [1.29, 1.82) is 0 Å². The monoisotopic (exact) mass is 452 g/mol. The summed E-state index contributed by atoms with van der Waals surface area (Å²) in [6.07, 6.45) is -3.32. The molecule has 0 amide bonds. The van der Waals surface area contributed by atoms with Crippen LogP contribution in [0.3, 0.4) is 0 Å². The zero-order valence-electron chi connectivity index (χ0n) is 17.3. The molecule has 0 spiro atoms. The average Bonchev–Trinajstić information content (AvgIpc) is 3.27. The van der Waals surface area contributed by atoms with E-state index < -0.39 is 23.0 Å². The predicted molar refractivity (Wildman–Crippen MR) is 114 cm³/mol. The van der Waals surface area contributed by atoms with Crippen molar-refractivity contribution < 1.29 is 13.2 Å². The maximum atomic E-state index is 13.2. The normalized spacial score (nSPS) is 11.4. The number of aromatic nitrogens is 5. The van der Waals surface area contributed by atoms with Crippen LogP contribution < -0.4 is 11.2 Å². The van der Waals surface area contributed by atoms with Crippen molar-refractivity contribution in [1.82, 2.24) is 23.9 Å². The number of alkyl halides is 3. The number of nitrogens with zero attached hydrogens (tertiary/aromatic N) is 6. The second kappa shape index (κ2) is 7.90. The van der Waals surface area contributed by atoms with Gasteiger partial charge in [-0.05, 0) is 25.1 Å². The summed E-state index contributed by atoms with van der Waals surface area (Å²) in [7, 11) is 1.24. The Morgan fingerprint density at radius 2 is 1.76 bits per heavy atom. The van der Waals surface area contributed by atoms with E-state index in [1.807, 2.05) is 0 Å². The van der Waals surface area contributed by atoms with E-state index in [2.05, 4.69) is 15.0 Å². The van der Waals surface area contributed by atoms with Crippen LogP contribution in [0.5, 0.6) is 0 Å². The smallest absolute Gasteiger partial charge is 0.275 e. The molecule has 4 aromatic rings. The molecule has 0 bridgehead atoms. The van der Waals surface area contributed by atoms with Crippen LogP contribution in [0.15, 0.2) is 64.4 Å². The molecule has 0 fully saturated rings. The highest BCUT2D eigenvalue weighted by Crippen LogP contribution is 2.30. The fourth-order valence-electron chi connectivity index (χ4n) is 3.48. The van der Waals surface area contributed by atoms with E-state index in [-0.39, 0.29) is 22.9 Å². The summed E-state index contributed by atoms with van der Waals surface area (Å²) >= 11 is 0. The maximum Gasteiger partial charge on any atom is 0.416 e. The third-order valence-corrected chi connectivity index (χ3v) is 5.14. The van der Waals surface area contributed by atoms with Gasteiger partial charge in [-0.15, -0.1) is 10.2 Å². The van der Waals surface area contributed by atoms with Crippen LogP contribution >= 0.6 is 0 Å². The highest BCUT2D eigenvalue weighted by atomic mass is 19.4. The lowest BCUT2D eigenvalue weighted by atomic mass is 10.1. The summed E-state index contributed by atoms with van der Waals surface area (Å²) in [5, 5.41) is 7.92. The first kappa shape index (κ1) is 21.8. The third kappa shape index (κ3) is 3.71. The highest BCUT2D eigenvalue weighted by Gasteiger charge is 2.31. The molecule has 166 valence electrons. The minimum absolute atomic E-state index is 0.00349. The molecule has 0 N–H and O–H groups in total. The molecule has 4 rings (SSSR count). The van der Waals surface area contributed by atoms with Gasteiger partial charge in [0.25, 0.3) is 5.56 Å². The van der Waals surface area contributed by atoms with Crippen molar-refractivity contribution in [2.24, 2.45) is 7.05 Å². The average molecular weight is 452 g/mol. The molecule has 2 aromatic carbocycles. The van der Waals surface area contributed by atoms with Gasteiger partial charge >= 0.3 is 11.9 Å². The summed E-state index contributed by atoms with van der Waals surface area (Å²) in [6.45, 7) is 8.53. The van der Waals surface area contributed by atoms with Gasteiger partial charge in [-0.3, -0.25) is 18.5 Å². The largest absolute Gasteiger partial charge is 0.416 e. The van der Waals surface area contributed by atoms with E-state index in [1.165, 1.54) is 37.0 Å². The molecule has 2 aromatic heterocycles. The number of hydrogen-bond acceptors (Lipinski definition) is 4. The Morgan fingerprint density at radius 3 is 2.39 bits per heavy atom. The molecule has 0 aliphatic carbocycles. The first-order valence-electron chi connectivity index (χ1n) is 9.52. The standard InChI is InChI=1S/C22H15F3N6O2/c1-13-18(30-12-27-28-19(30)14-7-9-16(26-2)10-8-14)20(32)29(3)21(33)31(13)17-6-4-5-15(11-17)22(23,24)25/h4-12H,1,3H3. The van der Waals surface area contributed by atoms with Gasteiger partial charge in [0.15, 0.2) is 11.5 Å². The van der Waals surface area contributed by atoms with Gasteiger partial charge in [0.1, 0.15) is 12.0 Å². The van der Waals surface area contributed by atoms with E-state index in [9.17, 15) is 22.8 Å². The molecule has 0 radical (unpaired) electrons. The Kier molecular flexibility index (Phi) is 5.21. The maximum absolute atomic E-state index is 13.2. The first-order chi connectivity index (χ1) is 15.6. The van der Waals surface area contributed by atoms with E-state index >= 15 is 0 Å². The Labute approximate surface area is 184 Å². The van der Waals surface area contributed by atoms with Crippen molar-refractivity contribution in [2.75, 3.05) is 0 Å². The fraction of sp³-hybridized carbons (Fsp3) is 0.136. The van der Waals surface area contributed by atoms with E-state index in [4.69, 9.17) is 6.57 Å². The molecular formula is C22H15F3N6O2. The molecule has 0 unspecified atom stereocenters. The van der Waals surface area contributed by atoms with E-state index in [1.54, 1.807) is 24.3 Å². The third-order valence-electron chi connectivity index (χ3n) is 5.14. The topological polar surface area (TPSA) is 79.1 Å². The second-order valence-corrected chi connectivity index (χ2v) is 7.15. The zero-order chi connectivity index (χ0) is 23.9. The van der Waals surface area contributed by atoms with Crippen LogP contribution in [0.25, 0.3) is 27.6 Å². The van der Waals surface area contributed by atoms with Crippen LogP contribution in [-0.4, -0.2) is 23.9 Å². The van der Waals surface area contributed by atoms with Crippen molar-refractivity contribution in [3.05, 3.63) is 98.4 Å². The van der Waals surface area contributed by atoms with Crippen molar-refractivity contribution in [3.63, 3.8) is 0 Å². The number of halogens is 3. The zero-order valence-corrected chi connectivity index (χ0v) is 17.3. The molecule has 0 aliphatic rings. The van der Waals surface area contributed by atoms with E-state index in [0.717, 1.165) is 21.3 Å². The van der Waals surface area contributed by atoms with Gasteiger partial charge in [0.2, 0.25) is 0 Å². The molecule has 0 aliphatic heterocycles. The summed E-state index contributed by atoms with van der Waals surface area (Å²) in [5.74, 6) is 0.265. The quantitative estimate of drug-likeness (QED) is 0.445. The van der Waals surface area contributed by atoms with Crippen LogP contribution in [0, 0.1) is 13.5 Å². The molecule has 0 atom stereocenters. The summed E-state index contributed by atoms with van der Waals surface area (Å²) in [4.78, 5) is 29.3. The summed E-state index contributed by atoms with van der Waals surface area (Å²) < 4.78 is 43.0. The lowest BCUT2D eigenvalue weighted by molar-refractivity contribution is -0.137. The molecule has 8 nitrogen and oxygen atoms in total. The minimum Gasteiger partial charge on any atom is -0.275 e. The van der Waals surface area contributed by atoms with Crippen LogP contribution in [0.2, 0.25) is 0 Å². The number of rotatable bonds is 3. The Balaban J connectivity index is 1.98. The lowest BCUT2D eigenvalue weighted by Crippen LogP contribution is -2.41. The van der Waals surface area contributed by atoms with Gasteiger partial charge in [-0.25, -0.2) is 9.64 Å². The van der Waals surface area contributed by atoms with Crippen molar-refractivity contribution in [3.8, 4) is 22.8 Å². The summed E-state index contributed by atoms with van der Waals surface area (Å²) in [6, 6.07) is 10.7. The summed E-state index contributed by atoms with van der Waals surface area (Å²) in [5.41, 5.74) is -1.35. The second-order valence-electron chi connectivity index (χ2n) is 7.15. The van der Waals surface area contributed by atoms with Crippen molar-refractivity contribution >= 4 is 5.69 Å². The van der Waals surface area contributed by atoms with E-state index in [0.29, 0.717) is 11.3 Å². The molecular weight excluding hydrogens is 437 g/mol. The Hall–Kier alpha value is -4.46. The Bertz CT molecular complexity index is 1520. The fourth-order valence-corrected chi connectivity index (χ4v) is 3.48. The van der Waals surface area contributed by atoms with Gasteiger partial charge < -0.3 is 0 Å². The molecule has 0 saturated heterocycles. The van der Waals surface area contributed by atoms with Gasteiger partial charge in [0, 0.05) is 12.6 Å². The van der Waals surface area contributed by atoms with Crippen molar-refractivity contribution in [2.45, 2.75) is 13.1 Å². The van der Waals surface area contributed by atoms with Gasteiger partial charge in [-0.1, -0.05) is 30.3 Å². The molecule has 11 heteroatoms. The molecule has 33 heavy (non-hydrogen) atoms. The SMILES string of the molecule is [C-]#[N+]c1ccc(-c2nncn2-c2c(C)n(-c3cccc(C(F)(F)F)c3)c(=O)n(C)c2=O)cc1. The predicted octanol–water partition coefficient (Wildman–Crippen LogP) is 3.66. The number of hydrogen-bond donors (Lipinski definition) is 0. The number of benzene rings is 2. The van der Waals surface area contributed by atoms with Crippen LogP contribution in [0.4, 0.5) is 18.9 Å². The Morgan fingerprint density at radius 1 is 1.06 bits per heavy atom. The molecule has 0 saturated carbocycles. The lowest BCUT2D eigenvalue weighted by Gasteiger charge is -2.18.